The Bertz CT molecular complexity index is 542. The maximum absolute atomic E-state index is 12.9. The zero-order valence-electron chi connectivity index (χ0n) is 11.0. The number of hydrogen-bond acceptors (Lipinski definition) is 2. The summed E-state index contributed by atoms with van der Waals surface area (Å²) < 4.78 is 12.9. The third kappa shape index (κ3) is 2.88. The van der Waals surface area contributed by atoms with Gasteiger partial charge in [-0.1, -0.05) is 19.1 Å². The third-order valence-electron chi connectivity index (χ3n) is 3.58. The van der Waals surface area contributed by atoms with E-state index in [0.29, 0.717) is 6.04 Å². The van der Waals surface area contributed by atoms with Gasteiger partial charge < -0.3 is 5.32 Å². The summed E-state index contributed by atoms with van der Waals surface area (Å²) in [5, 5.41) is 3.59. The molecule has 0 bridgehead atoms. The average molecular weight is 275 g/mol. The summed E-state index contributed by atoms with van der Waals surface area (Å²) in [6, 6.07) is 11.6. The van der Waals surface area contributed by atoms with Crippen LogP contribution in [0, 0.1) is 11.7 Å². The molecule has 1 fully saturated rings. The van der Waals surface area contributed by atoms with Gasteiger partial charge in [-0.2, -0.15) is 0 Å². The molecule has 1 unspecified atom stereocenters. The van der Waals surface area contributed by atoms with E-state index in [1.54, 1.807) is 0 Å². The Labute approximate surface area is 117 Å². The molecule has 0 amide bonds. The van der Waals surface area contributed by atoms with Crippen LogP contribution in [0.15, 0.2) is 36.4 Å². The molecule has 1 aliphatic rings. The summed E-state index contributed by atoms with van der Waals surface area (Å²) in [6.07, 6.45) is 2.67. The Morgan fingerprint density at radius 2 is 1.95 bits per heavy atom. The lowest BCUT2D eigenvalue weighted by Crippen LogP contribution is -2.21. The summed E-state index contributed by atoms with van der Waals surface area (Å²) in [5.74, 6) is 0.628. The molecule has 1 atom stereocenters. The maximum atomic E-state index is 12.9. The number of halogens is 1. The summed E-state index contributed by atoms with van der Waals surface area (Å²) in [4.78, 5) is 2.63. The second-order valence-corrected chi connectivity index (χ2v) is 6.20. The van der Waals surface area contributed by atoms with Crippen LogP contribution in [0.5, 0.6) is 0 Å². The van der Waals surface area contributed by atoms with Crippen molar-refractivity contribution < 1.29 is 4.39 Å². The van der Waals surface area contributed by atoms with Crippen molar-refractivity contribution in [2.24, 2.45) is 5.92 Å². The first kappa shape index (κ1) is 12.8. The Morgan fingerprint density at radius 1 is 1.21 bits per heavy atom. The highest BCUT2D eigenvalue weighted by Gasteiger charge is 2.32. The van der Waals surface area contributed by atoms with E-state index in [4.69, 9.17) is 0 Å². The fraction of sp³-hybridized carbons (Fsp3) is 0.375. The van der Waals surface area contributed by atoms with E-state index in [-0.39, 0.29) is 5.82 Å². The van der Waals surface area contributed by atoms with Crippen LogP contribution < -0.4 is 5.32 Å². The van der Waals surface area contributed by atoms with Crippen molar-refractivity contribution in [3.63, 3.8) is 0 Å². The lowest BCUT2D eigenvalue weighted by atomic mass is 10.1. The van der Waals surface area contributed by atoms with Crippen LogP contribution in [0.1, 0.15) is 30.7 Å². The van der Waals surface area contributed by atoms with E-state index in [1.165, 1.54) is 34.7 Å². The first-order valence-corrected chi connectivity index (χ1v) is 7.68. The van der Waals surface area contributed by atoms with Crippen LogP contribution in [0.2, 0.25) is 0 Å². The molecule has 1 aromatic carbocycles. The van der Waals surface area contributed by atoms with Gasteiger partial charge in [-0.25, -0.2) is 4.39 Å². The summed E-state index contributed by atoms with van der Waals surface area (Å²) in [7, 11) is 0. The van der Waals surface area contributed by atoms with Crippen molar-refractivity contribution in [1.82, 2.24) is 5.32 Å². The van der Waals surface area contributed by atoms with Gasteiger partial charge in [0.15, 0.2) is 0 Å². The van der Waals surface area contributed by atoms with Gasteiger partial charge in [0, 0.05) is 15.8 Å². The highest BCUT2D eigenvalue weighted by atomic mass is 32.1. The maximum Gasteiger partial charge on any atom is 0.123 e. The summed E-state index contributed by atoms with van der Waals surface area (Å²) in [5.41, 5.74) is 1.10. The molecule has 3 heteroatoms. The molecule has 1 heterocycles. The third-order valence-corrected chi connectivity index (χ3v) is 4.80. The predicted octanol–water partition coefficient (Wildman–Crippen LogP) is 4.61. The largest absolute Gasteiger partial charge is 0.309 e. The van der Waals surface area contributed by atoms with Gasteiger partial charge in [-0.3, -0.25) is 0 Å². The minimum Gasteiger partial charge on any atom is -0.309 e. The Morgan fingerprint density at radius 3 is 2.58 bits per heavy atom. The molecule has 0 radical (unpaired) electrons. The molecule has 0 aliphatic heterocycles. The number of rotatable bonds is 5. The monoisotopic (exact) mass is 275 g/mol. The van der Waals surface area contributed by atoms with Crippen molar-refractivity contribution in [1.29, 1.82) is 0 Å². The average Bonchev–Trinajstić information content (AvgIpc) is 3.14. The van der Waals surface area contributed by atoms with Crippen molar-refractivity contribution in [2.45, 2.75) is 25.8 Å². The van der Waals surface area contributed by atoms with Crippen LogP contribution in [0.25, 0.3) is 10.4 Å². The van der Waals surface area contributed by atoms with Crippen LogP contribution in [-0.4, -0.2) is 6.54 Å². The molecule has 1 saturated carbocycles. The SMILES string of the molecule is CCNC(c1ccc(-c2ccc(F)cc2)s1)C1CC1. The van der Waals surface area contributed by atoms with E-state index >= 15 is 0 Å². The number of nitrogens with one attached hydrogen (secondary N) is 1. The van der Waals surface area contributed by atoms with Gasteiger partial charge in [0.2, 0.25) is 0 Å². The Balaban J connectivity index is 1.83. The molecule has 1 N–H and O–H groups in total. The smallest absolute Gasteiger partial charge is 0.123 e. The van der Waals surface area contributed by atoms with Crippen molar-refractivity contribution >= 4 is 11.3 Å². The predicted molar refractivity (Wildman–Crippen MR) is 78.9 cm³/mol. The van der Waals surface area contributed by atoms with Crippen LogP contribution in [0.3, 0.4) is 0 Å². The van der Waals surface area contributed by atoms with Gasteiger partial charge in [0.1, 0.15) is 5.82 Å². The van der Waals surface area contributed by atoms with E-state index in [9.17, 15) is 4.39 Å². The second kappa shape index (κ2) is 5.43. The van der Waals surface area contributed by atoms with Gasteiger partial charge >= 0.3 is 0 Å². The summed E-state index contributed by atoms with van der Waals surface area (Å²) >= 11 is 1.82. The lowest BCUT2D eigenvalue weighted by Gasteiger charge is -2.15. The van der Waals surface area contributed by atoms with Crippen molar-refractivity contribution in [3.05, 3.63) is 47.1 Å². The van der Waals surface area contributed by atoms with Gasteiger partial charge in [0.05, 0.1) is 0 Å². The highest BCUT2D eigenvalue weighted by Crippen LogP contribution is 2.44. The molecule has 100 valence electrons. The molecular formula is C16H18FNS. The summed E-state index contributed by atoms with van der Waals surface area (Å²) in [6.45, 7) is 3.16. The first-order chi connectivity index (χ1) is 9.28. The molecule has 19 heavy (non-hydrogen) atoms. The van der Waals surface area contributed by atoms with Gasteiger partial charge in [0.25, 0.3) is 0 Å². The standard InChI is InChI=1S/C16H18FNS/c1-2-18-16(12-3-4-12)15-10-9-14(19-15)11-5-7-13(17)8-6-11/h5-10,12,16,18H,2-4H2,1H3. The number of benzene rings is 1. The molecule has 2 aromatic rings. The number of hydrogen-bond donors (Lipinski definition) is 1. The van der Waals surface area contributed by atoms with Crippen molar-refractivity contribution in [2.75, 3.05) is 6.54 Å². The molecule has 3 rings (SSSR count). The van der Waals surface area contributed by atoms with Crippen LogP contribution in [0.4, 0.5) is 4.39 Å². The van der Waals surface area contributed by atoms with E-state index in [1.807, 2.05) is 23.5 Å². The number of thiophene rings is 1. The highest BCUT2D eigenvalue weighted by molar-refractivity contribution is 7.15. The molecule has 1 nitrogen and oxygen atoms in total. The van der Waals surface area contributed by atoms with E-state index in [2.05, 4.69) is 24.4 Å². The van der Waals surface area contributed by atoms with Crippen molar-refractivity contribution in [3.8, 4) is 10.4 Å². The topological polar surface area (TPSA) is 12.0 Å². The first-order valence-electron chi connectivity index (χ1n) is 6.87. The van der Waals surface area contributed by atoms with Crippen LogP contribution >= 0.6 is 11.3 Å². The minimum absolute atomic E-state index is 0.177. The van der Waals surface area contributed by atoms with E-state index < -0.39 is 0 Å². The van der Waals surface area contributed by atoms with Crippen LogP contribution in [-0.2, 0) is 0 Å². The second-order valence-electron chi connectivity index (χ2n) is 5.08. The zero-order chi connectivity index (χ0) is 13.2. The molecule has 1 aliphatic carbocycles. The molecular weight excluding hydrogens is 257 g/mol. The quantitative estimate of drug-likeness (QED) is 0.840. The van der Waals surface area contributed by atoms with Gasteiger partial charge in [-0.15, -0.1) is 11.3 Å². The molecule has 0 saturated heterocycles. The van der Waals surface area contributed by atoms with Gasteiger partial charge in [-0.05, 0) is 55.1 Å². The molecule has 0 spiro atoms. The Kier molecular flexibility index (Phi) is 3.67. The minimum atomic E-state index is -0.177. The van der Waals surface area contributed by atoms with E-state index in [0.717, 1.165) is 18.0 Å². The normalized spacial score (nSPS) is 16.5. The zero-order valence-corrected chi connectivity index (χ0v) is 11.8. The fourth-order valence-corrected chi connectivity index (χ4v) is 3.62. The fourth-order valence-electron chi connectivity index (χ4n) is 2.44. The molecule has 1 aromatic heterocycles. The Hall–Kier alpha value is -1.19. The lowest BCUT2D eigenvalue weighted by molar-refractivity contribution is 0.504.